The molecular formula is C31H34F2N2O5. The van der Waals surface area contributed by atoms with Crippen molar-refractivity contribution >= 4 is 11.7 Å². The van der Waals surface area contributed by atoms with Crippen molar-refractivity contribution in [3.8, 4) is 11.5 Å². The number of nitrogens with two attached hydrogens (primary N) is 1. The lowest BCUT2D eigenvalue weighted by molar-refractivity contribution is -0.133. The zero-order valence-electron chi connectivity index (χ0n) is 22.4. The van der Waals surface area contributed by atoms with Gasteiger partial charge >= 0.3 is 0 Å². The molecule has 3 aromatic rings. The number of fused-ring (bicyclic) bond motifs is 1. The van der Waals surface area contributed by atoms with Gasteiger partial charge in [0.2, 0.25) is 5.91 Å². The zero-order chi connectivity index (χ0) is 28.6. The summed E-state index contributed by atoms with van der Waals surface area (Å²) in [5, 5.41) is 10.9. The average Bonchev–Trinajstić information content (AvgIpc) is 2.94. The number of hydrogen-bond acceptors (Lipinski definition) is 6. The molecule has 0 unspecified atom stereocenters. The smallest absolute Gasteiger partial charge is 0.223 e. The minimum Gasteiger partial charge on any atom is -0.486 e. The number of nitrogens with zero attached hydrogens (tertiary/aromatic N) is 1. The number of Topliss-reactive ketones (excluding diaryl/α,β-unsaturated/α-hetero) is 1. The summed E-state index contributed by atoms with van der Waals surface area (Å²) in [5.74, 6) is -0.930. The maximum atomic E-state index is 13.6. The fourth-order valence-electron chi connectivity index (χ4n) is 4.66. The van der Waals surface area contributed by atoms with Crippen molar-refractivity contribution < 1.29 is 33.0 Å². The van der Waals surface area contributed by atoms with Gasteiger partial charge < -0.3 is 25.2 Å². The van der Waals surface area contributed by atoms with Crippen LogP contribution in [0.2, 0.25) is 0 Å². The lowest BCUT2D eigenvalue weighted by Crippen LogP contribution is -2.46. The first-order chi connectivity index (χ1) is 19.2. The predicted molar refractivity (Wildman–Crippen MR) is 146 cm³/mol. The molecule has 40 heavy (non-hydrogen) atoms. The SMILES string of the molecule is CCc1cccc(CN(C[C@@H](O)[C@@H](N)Cc2cc(F)cc(F)c2)C(=O)CCC(=O)c2ccc3c(c2)OCCO3)c1. The molecule has 4 rings (SSSR count). The van der Waals surface area contributed by atoms with E-state index in [4.69, 9.17) is 15.2 Å². The van der Waals surface area contributed by atoms with Crippen molar-refractivity contribution in [2.45, 2.75) is 51.3 Å². The standard InChI is InChI=1S/C31H34F2N2O5/c1-2-20-4-3-5-21(12-20)18-35(19-28(37)26(34)15-22-13-24(32)17-25(33)14-22)31(38)9-7-27(36)23-6-8-29-30(16-23)40-11-10-39-29/h3-6,8,12-14,16-17,26,28,37H,2,7,9-11,15,18-19,34H2,1H3/t26-,28+/m0/s1. The van der Waals surface area contributed by atoms with Crippen molar-refractivity contribution in [3.63, 3.8) is 0 Å². The molecule has 3 aromatic carbocycles. The van der Waals surface area contributed by atoms with Crippen LogP contribution in [0.1, 0.15) is 46.8 Å². The summed E-state index contributed by atoms with van der Waals surface area (Å²) in [6, 6.07) is 14.9. The highest BCUT2D eigenvalue weighted by Gasteiger charge is 2.24. The normalized spacial score (nSPS) is 13.9. The molecule has 2 atom stereocenters. The van der Waals surface area contributed by atoms with Crippen LogP contribution in [0.25, 0.3) is 0 Å². The van der Waals surface area contributed by atoms with E-state index in [-0.39, 0.29) is 44.0 Å². The van der Waals surface area contributed by atoms with Crippen LogP contribution in [0.5, 0.6) is 11.5 Å². The Morgan fingerprint density at radius 2 is 1.62 bits per heavy atom. The van der Waals surface area contributed by atoms with Gasteiger partial charge in [-0.25, -0.2) is 8.78 Å². The fourth-order valence-corrected chi connectivity index (χ4v) is 4.66. The van der Waals surface area contributed by atoms with E-state index in [1.807, 2.05) is 31.2 Å². The third kappa shape index (κ3) is 7.86. The fraction of sp³-hybridized carbons (Fsp3) is 0.355. The number of aliphatic hydroxyl groups is 1. The highest BCUT2D eigenvalue weighted by molar-refractivity contribution is 5.98. The van der Waals surface area contributed by atoms with Gasteiger partial charge in [-0.15, -0.1) is 0 Å². The van der Waals surface area contributed by atoms with Gasteiger partial charge in [-0.05, 0) is 59.9 Å². The molecular weight excluding hydrogens is 518 g/mol. The number of halogens is 2. The number of aliphatic hydroxyl groups excluding tert-OH is 1. The van der Waals surface area contributed by atoms with E-state index >= 15 is 0 Å². The van der Waals surface area contributed by atoms with Crippen molar-refractivity contribution in [2.75, 3.05) is 19.8 Å². The van der Waals surface area contributed by atoms with Gasteiger partial charge in [-0.3, -0.25) is 9.59 Å². The summed E-state index contributed by atoms with van der Waals surface area (Å²) < 4.78 is 38.3. The van der Waals surface area contributed by atoms with Gasteiger partial charge in [0.1, 0.15) is 24.8 Å². The summed E-state index contributed by atoms with van der Waals surface area (Å²) in [7, 11) is 0. The number of benzene rings is 3. The number of aryl methyl sites for hydroxylation is 1. The highest BCUT2D eigenvalue weighted by atomic mass is 19.1. The maximum Gasteiger partial charge on any atom is 0.223 e. The van der Waals surface area contributed by atoms with Crippen LogP contribution in [0, 0.1) is 11.6 Å². The number of ketones is 1. The number of carbonyl (C=O) groups is 2. The summed E-state index contributed by atoms with van der Waals surface area (Å²) >= 11 is 0. The van der Waals surface area contributed by atoms with Gasteiger partial charge in [0.05, 0.1) is 6.10 Å². The molecule has 0 fully saturated rings. The second-order valence-corrected chi connectivity index (χ2v) is 9.94. The Labute approximate surface area is 232 Å². The van der Waals surface area contributed by atoms with E-state index in [1.54, 1.807) is 18.2 Å². The maximum absolute atomic E-state index is 13.6. The van der Waals surface area contributed by atoms with E-state index in [1.165, 1.54) is 4.90 Å². The summed E-state index contributed by atoms with van der Waals surface area (Å²) in [6.45, 7) is 2.98. The Bertz CT molecular complexity index is 1330. The molecule has 1 aliphatic heterocycles. The Hall–Kier alpha value is -3.82. The van der Waals surface area contributed by atoms with Gasteiger partial charge in [0.25, 0.3) is 0 Å². The summed E-state index contributed by atoms with van der Waals surface area (Å²) in [5.41, 5.74) is 8.88. The number of amides is 1. The number of carbonyl (C=O) groups excluding carboxylic acids is 2. The topological polar surface area (TPSA) is 102 Å². The first-order valence-electron chi connectivity index (χ1n) is 13.4. The Morgan fingerprint density at radius 1 is 0.925 bits per heavy atom. The lowest BCUT2D eigenvalue weighted by atomic mass is 10.0. The van der Waals surface area contributed by atoms with Crippen molar-refractivity contribution in [1.29, 1.82) is 0 Å². The van der Waals surface area contributed by atoms with Gasteiger partial charge in [-0.1, -0.05) is 31.2 Å². The Balaban J connectivity index is 1.44. The zero-order valence-corrected chi connectivity index (χ0v) is 22.4. The second-order valence-electron chi connectivity index (χ2n) is 9.94. The molecule has 0 aromatic heterocycles. The molecule has 7 nitrogen and oxygen atoms in total. The van der Waals surface area contributed by atoms with Gasteiger partial charge in [0, 0.05) is 43.6 Å². The third-order valence-electron chi connectivity index (χ3n) is 6.85. The molecule has 1 amide bonds. The monoisotopic (exact) mass is 552 g/mol. The van der Waals surface area contributed by atoms with Crippen LogP contribution in [0.15, 0.2) is 60.7 Å². The summed E-state index contributed by atoms with van der Waals surface area (Å²) in [6.07, 6.45) is -0.430. The van der Waals surface area contributed by atoms with Crippen LogP contribution >= 0.6 is 0 Å². The van der Waals surface area contributed by atoms with Gasteiger partial charge in [-0.2, -0.15) is 0 Å². The molecule has 0 spiro atoms. The Kier molecular flexibility index (Phi) is 9.84. The van der Waals surface area contributed by atoms with Crippen molar-refractivity contribution in [3.05, 3.63) is 94.6 Å². The summed E-state index contributed by atoms with van der Waals surface area (Å²) in [4.78, 5) is 27.7. The molecule has 212 valence electrons. The van der Waals surface area contributed by atoms with E-state index in [0.29, 0.717) is 35.8 Å². The molecule has 0 saturated heterocycles. The minimum atomic E-state index is -1.17. The van der Waals surface area contributed by atoms with Gasteiger partial charge in [0.15, 0.2) is 17.3 Å². The van der Waals surface area contributed by atoms with Crippen molar-refractivity contribution in [1.82, 2.24) is 4.90 Å². The molecule has 0 bridgehead atoms. The molecule has 3 N–H and O–H groups in total. The van der Waals surface area contributed by atoms with Crippen LogP contribution in [-0.2, 0) is 24.2 Å². The van der Waals surface area contributed by atoms with Crippen molar-refractivity contribution in [2.24, 2.45) is 5.73 Å². The van der Waals surface area contributed by atoms with E-state index < -0.39 is 23.8 Å². The number of hydrogen-bond donors (Lipinski definition) is 2. The van der Waals surface area contributed by atoms with Crippen LogP contribution in [0.3, 0.4) is 0 Å². The highest BCUT2D eigenvalue weighted by Crippen LogP contribution is 2.31. The molecule has 1 aliphatic rings. The first kappa shape index (κ1) is 29.2. The third-order valence-corrected chi connectivity index (χ3v) is 6.85. The van der Waals surface area contributed by atoms with E-state index in [0.717, 1.165) is 35.7 Å². The van der Waals surface area contributed by atoms with E-state index in [9.17, 15) is 23.5 Å². The molecule has 9 heteroatoms. The molecule has 0 radical (unpaired) electrons. The average molecular weight is 553 g/mol. The Morgan fingerprint density at radius 3 is 2.35 bits per heavy atom. The van der Waals surface area contributed by atoms with Crippen LogP contribution < -0.4 is 15.2 Å². The quantitative estimate of drug-likeness (QED) is 0.326. The molecule has 0 aliphatic carbocycles. The predicted octanol–water partition coefficient (Wildman–Crippen LogP) is 4.22. The molecule has 0 saturated carbocycles. The van der Waals surface area contributed by atoms with Crippen LogP contribution in [0.4, 0.5) is 8.78 Å². The number of rotatable bonds is 12. The number of ether oxygens (including phenoxy) is 2. The van der Waals surface area contributed by atoms with Crippen LogP contribution in [-0.4, -0.2) is 53.6 Å². The largest absolute Gasteiger partial charge is 0.486 e. The van der Waals surface area contributed by atoms with E-state index in [2.05, 4.69) is 0 Å². The minimum absolute atomic E-state index is 0.0196. The second kappa shape index (κ2) is 13.5. The lowest BCUT2D eigenvalue weighted by Gasteiger charge is -2.28. The molecule has 1 heterocycles. The first-order valence-corrected chi connectivity index (χ1v) is 13.4.